The predicted molar refractivity (Wildman–Crippen MR) is 124 cm³/mol. The highest BCUT2D eigenvalue weighted by atomic mass is 16.7. The Balaban J connectivity index is 1.54. The van der Waals surface area contributed by atoms with Gasteiger partial charge in [-0.05, 0) is 88.5 Å². The van der Waals surface area contributed by atoms with Crippen LogP contribution < -0.4 is 0 Å². The minimum absolute atomic E-state index is 0.0130. The number of ether oxygens (including phenoxy) is 4. The van der Waals surface area contributed by atoms with E-state index in [4.69, 9.17) is 18.9 Å². The van der Waals surface area contributed by atoms with Crippen molar-refractivity contribution in [2.45, 2.75) is 97.1 Å². The average molecular weight is 447 g/mol. The summed E-state index contributed by atoms with van der Waals surface area (Å²) in [6.45, 7) is 8.31. The third-order valence-corrected chi connectivity index (χ3v) is 7.62. The molecule has 0 aromatic rings. The molecule has 5 nitrogen and oxygen atoms in total. The second-order valence-corrected chi connectivity index (χ2v) is 10.7. The Morgan fingerprint density at radius 3 is 2.62 bits per heavy atom. The van der Waals surface area contributed by atoms with Crippen molar-refractivity contribution in [2.75, 3.05) is 19.8 Å². The van der Waals surface area contributed by atoms with E-state index in [1.165, 1.54) is 12.0 Å². The van der Waals surface area contributed by atoms with E-state index in [9.17, 15) is 4.79 Å². The Labute approximate surface area is 193 Å². The zero-order chi connectivity index (χ0) is 22.5. The van der Waals surface area contributed by atoms with E-state index in [1.807, 2.05) is 0 Å². The quantitative estimate of drug-likeness (QED) is 0.529. The van der Waals surface area contributed by atoms with Crippen LogP contribution >= 0.6 is 0 Å². The molecule has 3 fully saturated rings. The highest BCUT2D eigenvalue weighted by Crippen LogP contribution is 2.49. The summed E-state index contributed by atoms with van der Waals surface area (Å²) in [5, 5.41) is 0. The zero-order valence-corrected chi connectivity index (χ0v) is 20.2. The first kappa shape index (κ1) is 24.0. The highest BCUT2D eigenvalue weighted by Gasteiger charge is 2.43. The maximum absolute atomic E-state index is 13.4. The number of hydrogen-bond donors (Lipinski definition) is 0. The number of allylic oxidation sites excluding steroid dienone is 3. The van der Waals surface area contributed by atoms with Crippen molar-refractivity contribution in [3.8, 4) is 0 Å². The third-order valence-electron chi connectivity index (χ3n) is 7.62. The molecule has 0 aromatic heterocycles. The Morgan fingerprint density at radius 1 is 1.00 bits per heavy atom. The molecule has 2 aliphatic heterocycles. The minimum atomic E-state index is -0.282. The Bertz CT molecular complexity index is 688. The molecule has 4 aliphatic rings. The van der Waals surface area contributed by atoms with Crippen molar-refractivity contribution < 1.29 is 23.7 Å². The summed E-state index contributed by atoms with van der Waals surface area (Å²) in [5.41, 5.74) is 1.24. The monoisotopic (exact) mass is 446 g/mol. The van der Waals surface area contributed by atoms with Gasteiger partial charge in [0.15, 0.2) is 17.8 Å². The van der Waals surface area contributed by atoms with Crippen LogP contribution in [0.3, 0.4) is 0 Å². The molecule has 4 rings (SSSR count). The van der Waals surface area contributed by atoms with E-state index in [2.05, 4.69) is 32.9 Å². The second kappa shape index (κ2) is 11.3. The first-order valence-corrected chi connectivity index (χ1v) is 12.9. The first-order chi connectivity index (χ1) is 15.5. The number of ketones is 1. The maximum atomic E-state index is 13.4. The minimum Gasteiger partial charge on any atom is -0.462 e. The molecule has 7 atom stereocenters. The number of fused-ring (bicyclic) bond motifs is 1. The van der Waals surface area contributed by atoms with Gasteiger partial charge in [-0.25, -0.2) is 0 Å². The van der Waals surface area contributed by atoms with Crippen LogP contribution in [0.25, 0.3) is 0 Å². The fourth-order valence-electron chi connectivity index (χ4n) is 6.13. The largest absolute Gasteiger partial charge is 0.462 e. The number of carbonyl (C=O) groups excluding carboxylic acids is 1. The smallest absolute Gasteiger partial charge is 0.199 e. The number of rotatable bonds is 3. The van der Waals surface area contributed by atoms with E-state index < -0.39 is 0 Å². The fraction of sp³-hybridized carbons (Fsp3) is 0.815. The third kappa shape index (κ3) is 6.45. The van der Waals surface area contributed by atoms with Crippen LogP contribution in [-0.4, -0.2) is 44.1 Å². The Morgan fingerprint density at radius 2 is 1.84 bits per heavy atom. The van der Waals surface area contributed by atoms with Gasteiger partial charge >= 0.3 is 0 Å². The number of carbonyl (C=O) groups is 1. The van der Waals surface area contributed by atoms with Crippen LogP contribution in [0.4, 0.5) is 0 Å². The van der Waals surface area contributed by atoms with Crippen LogP contribution in [0.15, 0.2) is 23.5 Å². The van der Waals surface area contributed by atoms with Gasteiger partial charge in [0.2, 0.25) is 0 Å². The van der Waals surface area contributed by atoms with Crippen LogP contribution in [0.2, 0.25) is 0 Å². The van der Waals surface area contributed by atoms with Gasteiger partial charge in [0.05, 0.1) is 32.0 Å². The lowest BCUT2D eigenvalue weighted by atomic mass is 9.90. The maximum Gasteiger partial charge on any atom is 0.199 e. The first-order valence-electron chi connectivity index (χ1n) is 12.9. The summed E-state index contributed by atoms with van der Waals surface area (Å²) in [5.74, 6) is 2.59. The fourth-order valence-corrected chi connectivity index (χ4v) is 6.13. The second-order valence-electron chi connectivity index (χ2n) is 10.7. The normalized spacial score (nSPS) is 40.7. The van der Waals surface area contributed by atoms with Crippen LogP contribution in [0.1, 0.15) is 78.6 Å². The van der Waals surface area contributed by atoms with Crippen molar-refractivity contribution in [2.24, 2.45) is 23.7 Å². The van der Waals surface area contributed by atoms with E-state index in [0.717, 1.165) is 51.6 Å². The number of Topliss-reactive ketones (excluding diaryl/α,β-unsaturated/α-hetero) is 1. The lowest BCUT2D eigenvalue weighted by Gasteiger charge is -2.26. The van der Waals surface area contributed by atoms with Crippen molar-refractivity contribution in [1.82, 2.24) is 0 Å². The topological polar surface area (TPSA) is 54.0 Å². The van der Waals surface area contributed by atoms with Crippen molar-refractivity contribution in [1.29, 1.82) is 0 Å². The van der Waals surface area contributed by atoms with E-state index in [0.29, 0.717) is 49.3 Å². The summed E-state index contributed by atoms with van der Waals surface area (Å²) in [7, 11) is 0. The standard InChI is InChI=1S/C27H42O5/c1-18(2)12-22-13-19(3)14-25(28)26(32-27-6-4-5-9-31-27)16-21-8-7-20-15-23(17-24(20)21)30-11-10-29-22/h12,16,19-24,27H,4-11,13-15,17H2,1-3H3/b26-16-/t19-,20-,21-,22?,23?,24?,27?/m1/s1. The molecule has 0 spiro atoms. The molecule has 0 aromatic carbocycles. The summed E-state index contributed by atoms with van der Waals surface area (Å²) >= 11 is 0. The Kier molecular flexibility index (Phi) is 8.47. The van der Waals surface area contributed by atoms with Crippen molar-refractivity contribution in [3.63, 3.8) is 0 Å². The lowest BCUT2D eigenvalue weighted by molar-refractivity contribution is -0.150. The van der Waals surface area contributed by atoms with E-state index in [1.54, 1.807) is 0 Å². The molecule has 32 heavy (non-hydrogen) atoms. The van der Waals surface area contributed by atoms with Gasteiger partial charge < -0.3 is 18.9 Å². The molecule has 0 radical (unpaired) electrons. The molecule has 2 bridgehead atoms. The van der Waals surface area contributed by atoms with E-state index >= 15 is 0 Å². The van der Waals surface area contributed by atoms with E-state index in [-0.39, 0.29) is 24.1 Å². The molecule has 2 saturated carbocycles. The summed E-state index contributed by atoms with van der Waals surface area (Å²) in [6.07, 6.45) is 13.3. The summed E-state index contributed by atoms with van der Waals surface area (Å²) in [6, 6.07) is 0. The average Bonchev–Trinajstić information content (AvgIpc) is 3.31. The summed E-state index contributed by atoms with van der Waals surface area (Å²) < 4.78 is 24.5. The van der Waals surface area contributed by atoms with Gasteiger partial charge in [-0.15, -0.1) is 0 Å². The SMILES string of the molecule is CC(C)=CC1C[C@@H](C)CC(=O)/C(OC2CCCCO2)=C/[C@H]2CC[C@@H]3CC(CC32)OCCO1. The molecular formula is C27H42O5. The molecule has 4 unspecified atom stereocenters. The molecular weight excluding hydrogens is 404 g/mol. The van der Waals surface area contributed by atoms with Crippen molar-refractivity contribution in [3.05, 3.63) is 23.5 Å². The van der Waals surface area contributed by atoms with Crippen LogP contribution in [0.5, 0.6) is 0 Å². The molecule has 2 aliphatic carbocycles. The highest BCUT2D eigenvalue weighted by molar-refractivity contribution is 5.93. The molecule has 0 N–H and O–H groups in total. The molecule has 180 valence electrons. The Hall–Kier alpha value is -1.17. The van der Waals surface area contributed by atoms with Gasteiger partial charge in [-0.3, -0.25) is 4.79 Å². The molecule has 1 saturated heterocycles. The number of hydrogen-bond acceptors (Lipinski definition) is 5. The van der Waals surface area contributed by atoms with Gasteiger partial charge in [0.25, 0.3) is 0 Å². The lowest BCUT2D eigenvalue weighted by Crippen LogP contribution is -2.26. The van der Waals surface area contributed by atoms with Gasteiger partial charge in [0, 0.05) is 12.8 Å². The van der Waals surface area contributed by atoms with Gasteiger partial charge in [-0.1, -0.05) is 18.6 Å². The van der Waals surface area contributed by atoms with Crippen molar-refractivity contribution >= 4 is 5.78 Å². The van der Waals surface area contributed by atoms with Crippen LogP contribution in [0, 0.1) is 23.7 Å². The molecule has 2 heterocycles. The van der Waals surface area contributed by atoms with Crippen LogP contribution in [-0.2, 0) is 23.7 Å². The summed E-state index contributed by atoms with van der Waals surface area (Å²) in [4.78, 5) is 13.4. The van der Waals surface area contributed by atoms with Gasteiger partial charge in [-0.2, -0.15) is 0 Å². The zero-order valence-electron chi connectivity index (χ0n) is 20.2. The predicted octanol–water partition coefficient (Wildman–Crippen LogP) is 5.59. The molecule has 0 amide bonds. The molecule has 5 heteroatoms. The van der Waals surface area contributed by atoms with Gasteiger partial charge in [0.1, 0.15) is 0 Å².